The van der Waals surface area contributed by atoms with Crippen LogP contribution in [0.15, 0.2) is 29.2 Å². The van der Waals surface area contributed by atoms with Gasteiger partial charge in [0.25, 0.3) is 0 Å². The van der Waals surface area contributed by atoms with Crippen LogP contribution < -0.4 is 0 Å². The number of benzene rings is 1. The zero-order chi connectivity index (χ0) is 14.8. The van der Waals surface area contributed by atoms with E-state index >= 15 is 0 Å². The Bertz CT molecular complexity index is 445. The second kappa shape index (κ2) is 9.42. The molecule has 0 amide bonds. The molecule has 0 unspecified atom stereocenters. The highest BCUT2D eigenvalue weighted by Crippen LogP contribution is 2.21. The van der Waals surface area contributed by atoms with E-state index in [1.807, 2.05) is 18.2 Å². The fraction of sp³-hybridized carbons (Fsp3) is 0.467. The molecule has 0 fully saturated rings. The number of rotatable bonds is 8. The van der Waals surface area contributed by atoms with E-state index in [4.69, 9.17) is 0 Å². The Hall–Kier alpha value is -1.49. The molecule has 20 heavy (non-hydrogen) atoms. The molecule has 0 radical (unpaired) electrons. The Morgan fingerprint density at radius 3 is 2.60 bits per heavy atom. The Labute approximate surface area is 123 Å². The molecule has 0 aliphatic heterocycles. The summed E-state index contributed by atoms with van der Waals surface area (Å²) in [5.41, 5.74) is 0.572. The maximum atomic E-state index is 11.4. The van der Waals surface area contributed by atoms with Crippen LogP contribution in [0.4, 0.5) is 0 Å². The molecule has 0 spiro atoms. The largest absolute Gasteiger partial charge is 0.469 e. The molecule has 0 atom stereocenters. The van der Waals surface area contributed by atoms with Crippen molar-refractivity contribution in [3.05, 3.63) is 29.8 Å². The van der Waals surface area contributed by atoms with Gasteiger partial charge < -0.3 is 9.47 Å². The monoisotopic (exact) mass is 296 g/mol. The molecule has 1 aromatic rings. The molecule has 110 valence electrons. The van der Waals surface area contributed by atoms with Crippen LogP contribution in [0.5, 0.6) is 0 Å². The van der Waals surface area contributed by atoms with E-state index in [9.17, 15) is 9.59 Å². The van der Waals surface area contributed by atoms with Crippen molar-refractivity contribution in [1.29, 1.82) is 0 Å². The lowest BCUT2D eigenvalue weighted by molar-refractivity contribution is -0.140. The van der Waals surface area contributed by atoms with Crippen LogP contribution in [-0.2, 0) is 14.3 Å². The normalized spacial score (nSPS) is 10.1. The fourth-order valence-corrected chi connectivity index (χ4v) is 2.64. The molecule has 0 N–H and O–H groups in total. The van der Waals surface area contributed by atoms with E-state index in [2.05, 4.69) is 9.47 Å². The number of unbranched alkanes of at least 4 members (excludes halogenated alkanes) is 2. The van der Waals surface area contributed by atoms with Crippen LogP contribution in [0.1, 0.15) is 36.0 Å². The van der Waals surface area contributed by atoms with Crippen LogP contribution in [0.25, 0.3) is 0 Å². The van der Waals surface area contributed by atoms with Crippen molar-refractivity contribution in [2.24, 2.45) is 0 Å². The molecule has 0 aromatic heterocycles. The van der Waals surface area contributed by atoms with E-state index in [-0.39, 0.29) is 11.9 Å². The minimum absolute atomic E-state index is 0.150. The molecule has 0 saturated heterocycles. The first-order chi connectivity index (χ1) is 9.67. The van der Waals surface area contributed by atoms with Crippen molar-refractivity contribution in [2.45, 2.75) is 30.6 Å². The third-order valence-electron chi connectivity index (χ3n) is 2.78. The van der Waals surface area contributed by atoms with Crippen LogP contribution in [0, 0.1) is 0 Å². The van der Waals surface area contributed by atoms with Crippen molar-refractivity contribution in [1.82, 2.24) is 0 Å². The van der Waals surface area contributed by atoms with Gasteiger partial charge in [-0.05, 0) is 36.8 Å². The average Bonchev–Trinajstić information content (AvgIpc) is 2.49. The van der Waals surface area contributed by atoms with Crippen molar-refractivity contribution in [3.63, 3.8) is 0 Å². The van der Waals surface area contributed by atoms with Crippen LogP contribution >= 0.6 is 11.8 Å². The van der Waals surface area contributed by atoms with Gasteiger partial charge in [-0.2, -0.15) is 0 Å². The molecule has 5 heteroatoms. The summed E-state index contributed by atoms with van der Waals surface area (Å²) in [5, 5.41) is 0. The molecule has 0 heterocycles. The van der Waals surface area contributed by atoms with Gasteiger partial charge in [0.15, 0.2) is 0 Å². The second-order valence-electron chi connectivity index (χ2n) is 4.25. The number of ether oxygens (including phenoxy) is 2. The van der Waals surface area contributed by atoms with Crippen molar-refractivity contribution in [3.8, 4) is 0 Å². The Morgan fingerprint density at radius 1 is 1.10 bits per heavy atom. The number of hydrogen-bond acceptors (Lipinski definition) is 5. The molecule has 4 nitrogen and oxygen atoms in total. The SMILES string of the molecule is COC(=O)CCCCCSc1cccc(C(=O)OC)c1. The molecule has 0 saturated carbocycles. The number of thioether (sulfide) groups is 1. The maximum Gasteiger partial charge on any atom is 0.337 e. The number of carbonyl (C=O) groups excluding carboxylic acids is 2. The van der Waals surface area contributed by atoms with E-state index in [0.717, 1.165) is 29.9 Å². The first kappa shape index (κ1) is 16.6. The molecular weight excluding hydrogens is 276 g/mol. The lowest BCUT2D eigenvalue weighted by Crippen LogP contribution is -2.00. The predicted molar refractivity (Wildman–Crippen MR) is 79.0 cm³/mol. The lowest BCUT2D eigenvalue weighted by Gasteiger charge is -2.04. The standard InChI is InChI=1S/C15H20O4S/c1-18-14(16)9-4-3-5-10-20-13-8-6-7-12(11-13)15(17)19-2/h6-8,11H,3-5,9-10H2,1-2H3. The molecule has 0 bridgehead atoms. The van der Waals surface area contributed by atoms with Gasteiger partial charge in [-0.25, -0.2) is 4.79 Å². The summed E-state index contributed by atoms with van der Waals surface area (Å²) >= 11 is 1.70. The van der Waals surface area contributed by atoms with Gasteiger partial charge in [-0.15, -0.1) is 11.8 Å². The predicted octanol–water partition coefficient (Wildman–Crippen LogP) is 3.30. The fourth-order valence-electron chi connectivity index (χ4n) is 1.67. The third kappa shape index (κ3) is 6.10. The topological polar surface area (TPSA) is 52.6 Å². The van der Waals surface area contributed by atoms with E-state index < -0.39 is 0 Å². The average molecular weight is 296 g/mol. The molecule has 0 aliphatic rings. The van der Waals surface area contributed by atoms with Gasteiger partial charge in [0.05, 0.1) is 19.8 Å². The zero-order valence-electron chi connectivity index (χ0n) is 11.9. The second-order valence-corrected chi connectivity index (χ2v) is 5.42. The highest BCUT2D eigenvalue weighted by Gasteiger charge is 2.05. The van der Waals surface area contributed by atoms with Crippen LogP contribution in [-0.4, -0.2) is 31.9 Å². The Balaban J connectivity index is 2.25. The number of methoxy groups -OCH3 is 2. The third-order valence-corrected chi connectivity index (χ3v) is 3.86. The highest BCUT2D eigenvalue weighted by molar-refractivity contribution is 7.99. The summed E-state index contributed by atoms with van der Waals surface area (Å²) in [6, 6.07) is 7.41. The number of hydrogen-bond donors (Lipinski definition) is 0. The summed E-state index contributed by atoms with van der Waals surface area (Å²) in [7, 11) is 2.79. The van der Waals surface area contributed by atoms with E-state index in [1.165, 1.54) is 14.2 Å². The van der Waals surface area contributed by atoms with Crippen molar-refractivity contribution in [2.75, 3.05) is 20.0 Å². The summed E-state index contributed by atoms with van der Waals surface area (Å²) in [4.78, 5) is 23.4. The van der Waals surface area contributed by atoms with Crippen LogP contribution in [0.3, 0.4) is 0 Å². The van der Waals surface area contributed by atoms with E-state index in [0.29, 0.717) is 12.0 Å². The summed E-state index contributed by atoms with van der Waals surface area (Å²) in [6.07, 6.45) is 3.37. The molecule has 1 aromatic carbocycles. The highest BCUT2D eigenvalue weighted by atomic mass is 32.2. The summed E-state index contributed by atoms with van der Waals surface area (Å²) < 4.78 is 9.27. The minimum atomic E-state index is -0.314. The Morgan fingerprint density at radius 2 is 1.90 bits per heavy atom. The first-order valence-corrected chi connectivity index (χ1v) is 7.54. The number of esters is 2. The minimum Gasteiger partial charge on any atom is -0.469 e. The van der Waals surface area contributed by atoms with Crippen molar-refractivity contribution < 1.29 is 19.1 Å². The molecular formula is C15H20O4S. The Kier molecular flexibility index (Phi) is 7.80. The van der Waals surface area contributed by atoms with Gasteiger partial charge >= 0.3 is 11.9 Å². The van der Waals surface area contributed by atoms with Gasteiger partial charge in [0, 0.05) is 11.3 Å². The quantitative estimate of drug-likeness (QED) is 0.418. The van der Waals surface area contributed by atoms with Gasteiger partial charge in [-0.1, -0.05) is 12.5 Å². The number of carbonyl (C=O) groups is 2. The van der Waals surface area contributed by atoms with Gasteiger partial charge in [0.2, 0.25) is 0 Å². The van der Waals surface area contributed by atoms with Gasteiger partial charge in [0.1, 0.15) is 0 Å². The van der Waals surface area contributed by atoms with Crippen molar-refractivity contribution >= 4 is 23.7 Å². The lowest BCUT2D eigenvalue weighted by atomic mass is 10.2. The zero-order valence-corrected chi connectivity index (χ0v) is 12.7. The van der Waals surface area contributed by atoms with Crippen LogP contribution in [0.2, 0.25) is 0 Å². The maximum absolute atomic E-state index is 11.4. The van der Waals surface area contributed by atoms with E-state index in [1.54, 1.807) is 17.8 Å². The molecule has 1 rings (SSSR count). The van der Waals surface area contributed by atoms with Gasteiger partial charge in [-0.3, -0.25) is 4.79 Å². The summed E-state index contributed by atoms with van der Waals surface area (Å²) in [6.45, 7) is 0. The molecule has 0 aliphatic carbocycles. The first-order valence-electron chi connectivity index (χ1n) is 6.55. The summed E-state index contributed by atoms with van der Waals surface area (Å²) in [5.74, 6) is 0.500. The smallest absolute Gasteiger partial charge is 0.337 e.